The molecule has 0 atom stereocenters. The van der Waals surface area contributed by atoms with Crippen molar-refractivity contribution in [3.8, 4) is 45.3 Å². The normalized spacial score (nSPS) is 11.6. The van der Waals surface area contributed by atoms with Crippen molar-refractivity contribution in [2.24, 2.45) is 0 Å². The Morgan fingerprint density at radius 2 is 1.00 bits per heavy atom. The van der Waals surface area contributed by atoms with Gasteiger partial charge >= 0.3 is 0 Å². The number of fused-ring (bicyclic) bond motifs is 1. The van der Waals surface area contributed by atoms with Crippen LogP contribution in [0.25, 0.3) is 67.9 Å². The summed E-state index contributed by atoms with van der Waals surface area (Å²) in [5.41, 5.74) is 11.9. The lowest BCUT2D eigenvalue weighted by Gasteiger charge is -2.13. The zero-order chi connectivity index (χ0) is 42.7. The zero-order valence-electron chi connectivity index (χ0n) is 34.1. The number of allylic oxidation sites excluding steroid dienone is 14. The van der Waals surface area contributed by atoms with Gasteiger partial charge in [-0.15, -0.1) is 0 Å². The van der Waals surface area contributed by atoms with E-state index in [2.05, 4.69) is 82.5 Å². The van der Waals surface area contributed by atoms with Gasteiger partial charge in [0.1, 0.15) is 11.3 Å². The molecule has 4 heteroatoms. The monoisotopic (exact) mass is 787 g/mol. The van der Waals surface area contributed by atoms with Gasteiger partial charge in [-0.05, 0) is 80.0 Å². The average molecular weight is 788 g/mol. The Morgan fingerprint density at radius 3 is 1.64 bits per heavy atom. The second-order valence-electron chi connectivity index (χ2n) is 14.3. The van der Waals surface area contributed by atoms with E-state index < -0.39 is 0 Å². The van der Waals surface area contributed by atoms with Crippen LogP contribution < -0.4 is 0 Å². The smallest absolute Gasteiger partial charge is 0.164 e. The van der Waals surface area contributed by atoms with E-state index in [0.717, 1.165) is 66.6 Å². The van der Waals surface area contributed by atoms with Gasteiger partial charge in [0.25, 0.3) is 0 Å². The summed E-state index contributed by atoms with van der Waals surface area (Å²) in [6.07, 6.45) is 14.9. The van der Waals surface area contributed by atoms with Gasteiger partial charge in [-0.25, -0.2) is 15.0 Å². The third-order valence-electron chi connectivity index (χ3n) is 10.0. The first-order chi connectivity index (χ1) is 29.7. The van der Waals surface area contributed by atoms with Crippen LogP contribution >= 0.6 is 0 Å². The molecule has 2 heterocycles. The van der Waals surface area contributed by atoms with E-state index in [0.29, 0.717) is 40.0 Å². The van der Waals surface area contributed by atoms with Crippen LogP contribution in [0, 0.1) is 0 Å². The summed E-state index contributed by atoms with van der Waals surface area (Å²) < 4.78 is 6.30. The lowest BCUT2D eigenvalue weighted by atomic mass is 9.91. The third kappa shape index (κ3) is 9.92. The van der Waals surface area contributed by atoms with Crippen molar-refractivity contribution in [3.63, 3.8) is 0 Å². The molecule has 7 rings (SSSR count). The number of hydrogen-bond acceptors (Lipinski definition) is 4. The molecule has 61 heavy (non-hydrogen) atoms. The minimum atomic E-state index is 0.548. The minimum absolute atomic E-state index is 0.548. The van der Waals surface area contributed by atoms with Crippen LogP contribution in [0.2, 0.25) is 0 Å². The fraction of sp³-hybridized carbons (Fsp3) is 0. The molecular weight excluding hydrogens is 743 g/mol. The molecule has 5 aromatic carbocycles. The molecule has 0 aliphatic heterocycles. The van der Waals surface area contributed by atoms with Crippen molar-refractivity contribution in [1.82, 2.24) is 15.0 Å². The van der Waals surface area contributed by atoms with Crippen LogP contribution in [0.1, 0.15) is 11.3 Å². The molecule has 4 nitrogen and oxygen atoms in total. The first-order valence-corrected chi connectivity index (χ1v) is 19.8. The van der Waals surface area contributed by atoms with E-state index >= 15 is 0 Å². The summed E-state index contributed by atoms with van der Waals surface area (Å²) in [4.78, 5) is 14.9. The second-order valence-corrected chi connectivity index (χ2v) is 14.3. The molecule has 0 spiro atoms. The minimum Gasteiger partial charge on any atom is -0.457 e. The molecule has 0 N–H and O–H groups in total. The molecule has 0 radical (unpaired) electrons. The Balaban J connectivity index is 1.11. The average Bonchev–Trinajstić information content (AvgIpc) is 3.74. The van der Waals surface area contributed by atoms with Crippen molar-refractivity contribution in [3.05, 3.63) is 273 Å². The van der Waals surface area contributed by atoms with Crippen LogP contribution in [0.5, 0.6) is 0 Å². The summed E-state index contributed by atoms with van der Waals surface area (Å²) >= 11 is 0. The van der Waals surface area contributed by atoms with Crippen molar-refractivity contribution < 1.29 is 4.42 Å². The molecule has 0 aliphatic rings. The number of aromatic nitrogens is 3. The van der Waals surface area contributed by atoms with Gasteiger partial charge in [0.15, 0.2) is 17.5 Å². The van der Waals surface area contributed by atoms with Crippen LogP contribution in [-0.4, -0.2) is 15.0 Å². The maximum Gasteiger partial charge on any atom is 0.164 e. The topological polar surface area (TPSA) is 51.8 Å². The summed E-state index contributed by atoms with van der Waals surface area (Å²) in [6, 6.07) is 46.5. The van der Waals surface area contributed by atoms with Crippen molar-refractivity contribution in [2.75, 3.05) is 0 Å². The molecule has 0 saturated carbocycles. The van der Waals surface area contributed by atoms with Crippen molar-refractivity contribution in [2.45, 2.75) is 0 Å². The van der Waals surface area contributed by atoms with Gasteiger partial charge in [0, 0.05) is 22.1 Å². The number of rotatable bonds is 16. The van der Waals surface area contributed by atoms with Gasteiger partial charge in [-0.3, -0.25) is 0 Å². The van der Waals surface area contributed by atoms with E-state index in [-0.39, 0.29) is 0 Å². The van der Waals surface area contributed by atoms with Crippen molar-refractivity contribution >= 4 is 22.6 Å². The highest BCUT2D eigenvalue weighted by Crippen LogP contribution is 2.34. The molecule has 0 fully saturated rings. The quantitative estimate of drug-likeness (QED) is 0.0915. The highest BCUT2D eigenvalue weighted by Gasteiger charge is 2.16. The zero-order valence-corrected chi connectivity index (χ0v) is 34.1. The molecule has 0 bridgehead atoms. The Bertz CT molecular complexity index is 2940. The van der Waals surface area contributed by atoms with Crippen LogP contribution in [0.3, 0.4) is 0 Å². The molecule has 7 aromatic rings. The van der Waals surface area contributed by atoms with Crippen LogP contribution in [0.4, 0.5) is 0 Å². The first kappa shape index (κ1) is 41.0. The predicted octanol–water partition coefficient (Wildman–Crippen LogP) is 15.0. The molecule has 0 unspecified atom stereocenters. The summed E-state index contributed by atoms with van der Waals surface area (Å²) in [6.45, 7) is 29.4. The molecule has 294 valence electrons. The maximum absolute atomic E-state index is 6.30. The lowest BCUT2D eigenvalue weighted by Crippen LogP contribution is -2.00. The van der Waals surface area contributed by atoms with Gasteiger partial charge in [-0.2, -0.15) is 0 Å². The molecule has 0 aliphatic carbocycles. The van der Waals surface area contributed by atoms with E-state index in [1.54, 1.807) is 6.08 Å². The van der Waals surface area contributed by atoms with Gasteiger partial charge in [-0.1, -0.05) is 210 Å². The highest BCUT2D eigenvalue weighted by atomic mass is 16.3. The Labute approximate surface area is 358 Å². The number of hydrogen-bond donors (Lipinski definition) is 0. The van der Waals surface area contributed by atoms with Gasteiger partial charge < -0.3 is 4.42 Å². The summed E-state index contributed by atoms with van der Waals surface area (Å²) in [7, 11) is 0. The standard InChI is InChI=1S/C57H45N3O/c1-8-9-20-42(5)44(7)52(47-23-15-11-16-24-47)37-43(6)41(4)30-29-39(2)40(3)31-36-50-38-53-51(27-19-28-54(53)61-50)57-59-55(48-25-17-12-18-26-48)58-56(60-57)49-34-32-46(33-35-49)45-21-13-10-14-22-45/h8-38H,1-7H2/b20-9-,30-29-,36-31-,52-37+. The van der Waals surface area contributed by atoms with Gasteiger partial charge in [0.2, 0.25) is 0 Å². The van der Waals surface area contributed by atoms with Crippen LogP contribution in [0.15, 0.2) is 266 Å². The number of benzene rings is 5. The maximum atomic E-state index is 6.30. The predicted molar refractivity (Wildman–Crippen MR) is 258 cm³/mol. The third-order valence-corrected chi connectivity index (χ3v) is 10.0. The van der Waals surface area contributed by atoms with Gasteiger partial charge in [0.05, 0.1) is 0 Å². The first-order valence-electron chi connectivity index (χ1n) is 19.8. The summed E-state index contributed by atoms with van der Waals surface area (Å²) in [5, 5.41) is 0.878. The largest absolute Gasteiger partial charge is 0.457 e. The lowest BCUT2D eigenvalue weighted by molar-refractivity contribution is 0.604. The van der Waals surface area contributed by atoms with E-state index in [1.807, 2.05) is 146 Å². The Kier molecular flexibility index (Phi) is 12.8. The molecule has 0 amide bonds. The highest BCUT2D eigenvalue weighted by molar-refractivity contribution is 5.94. The Hall–Kier alpha value is -8.21. The summed E-state index contributed by atoms with van der Waals surface area (Å²) in [5.74, 6) is 2.37. The van der Waals surface area contributed by atoms with E-state index in [1.165, 1.54) is 0 Å². The Morgan fingerprint density at radius 1 is 0.475 bits per heavy atom. The molecule has 2 aromatic heterocycles. The van der Waals surface area contributed by atoms with Crippen LogP contribution in [-0.2, 0) is 0 Å². The second kappa shape index (κ2) is 19.0. The van der Waals surface area contributed by atoms with E-state index in [9.17, 15) is 0 Å². The SMILES string of the molecule is C=C/C=C\C(=C)C(=C)/C(=C\C(=C)C(=C)/C=C\C(=C)C(=C)/C=C\c1cc2c(-c3nc(-c4ccccc4)nc(-c4ccc(-c5ccccc5)cc4)n3)cccc2o1)c1ccccc1. The number of nitrogens with zero attached hydrogens (tertiary/aromatic N) is 3. The fourth-order valence-corrected chi connectivity index (χ4v) is 6.53. The number of furan rings is 1. The van der Waals surface area contributed by atoms with Crippen molar-refractivity contribution in [1.29, 1.82) is 0 Å². The molecular formula is C57H45N3O. The van der Waals surface area contributed by atoms with E-state index in [4.69, 9.17) is 19.4 Å². The molecule has 0 saturated heterocycles. The fourth-order valence-electron chi connectivity index (χ4n) is 6.53.